The van der Waals surface area contributed by atoms with E-state index in [0.29, 0.717) is 11.5 Å². The fourth-order valence-corrected chi connectivity index (χ4v) is 5.47. The normalized spacial score (nSPS) is 20.2. The van der Waals surface area contributed by atoms with Crippen molar-refractivity contribution in [3.63, 3.8) is 0 Å². The monoisotopic (exact) mass is 417 g/mol. The third kappa shape index (κ3) is 3.57. The lowest BCUT2D eigenvalue weighted by atomic mass is 9.77. The average molecular weight is 418 g/mol. The molecule has 1 spiro atoms. The maximum absolute atomic E-state index is 12.0. The van der Waals surface area contributed by atoms with Crippen LogP contribution >= 0.6 is 0 Å². The zero-order valence-electron chi connectivity index (χ0n) is 17.1. The van der Waals surface area contributed by atoms with Crippen LogP contribution < -0.4 is 14.4 Å². The number of benzene rings is 1. The van der Waals surface area contributed by atoms with Gasteiger partial charge in [-0.15, -0.1) is 5.10 Å². The molecule has 0 bridgehead atoms. The van der Waals surface area contributed by atoms with E-state index in [0.717, 1.165) is 73.3 Å². The van der Waals surface area contributed by atoms with Crippen molar-refractivity contribution >= 4 is 33.1 Å². The number of methoxy groups -OCH3 is 2. The van der Waals surface area contributed by atoms with Gasteiger partial charge in [0.1, 0.15) is 11.0 Å². The largest absolute Gasteiger partial charge is 0.493 e. The third-order valence-corrected chi connectivity index (χ3v) is 7.33. The minimum Gasteiger partial charge on any atom is -0.493 e. The minimum absolute atomic E-state index is 0.195. The van der Waals surface area contributed by atoms with Crippen LogP contribution in [0.2, 0.25) is 0 Å². The van der Waals surface area contributed by atoms with Crippen LogP contribution in [0.5, 0.6) is 11.5 Å². The van der Waals surface area contributed by atoms with Crippen molar-refractivity contribution in [2.75, 3.05) is 45.3 Å². The molecule has 2 saturated heterocycles. The highest BCUT2D eigenvalue weighted by atomic mass is 32.2. The summed E-state index contributed by atoms with van der Waals surface area (Å²) >= 11 is 0. The van der Waals surface area contributed by atoms with Crippen LogP contribution in [0.1, 0.15) is 25.0 Å². The van der Waals surface area contributed by atoms with Crippen LogP contribution in [0.4, 0.5) is 5.69 Å². The van der Waals surface area contributed by atoms with Crippen LogP contribution in [-0.4, -0.2) is 64.7 Å². The molecule has 1 N–H and O–H groups in total. The van der Waals surface area contributed by atoms with Crippen molar-refractivity contribution in [2.45, 2.75) is 26.2 Å². The molecule has 156 valence electrons. The van der Waals surface area contributed by atoms with Crippen molar-refractivity contribution in [1.29, 1.82) is 5.41 Å². The second kappa shape index (κ2) is 7.87. The van der Waals surface area contributed by atoms with E-state index in [1.807, 2.05) is 23.4 Å². The highest BCUT2D eigenvalue weighted by Crippen LogP contribution is 2.43. The van der Waals surface area contributed by atoms with Gasteiger partial charge in [-0.2, -0.15) is 5.10 Å². The highest BCUT2D eigenvalue weighted by molar-refractivity contribution is 7.96. The Morgan fingerprint density at radius 1 is 1.10 bits per heavy atom. The van der Waals surface area contributed by atoms with Gasteiger partial charge in [0.05, 0.1) is 36.7 Å². The minimum atomic E-state index is -1.29. The summed E-state index contributed by atoms with van der Waals surface area (Å²) in [5.41, 5.74) is 4.02. The number of aryl methyl sites for hydroxylation is 1. The van der Waals surface area contributed by atoms with Gasteiger partial charge in [-0.1, -0.05) is 0 Å². The maximum atomic E-state index is 12.0. The first-order valence-corrected chi connectivity index (χ1v) is 11.0. The molecule has 2 aliphatic heterocycles. The summed E-state index contributed by atoms with van der Waals surface area (Å²) in [5.74, 6) is 1.33. The Hall–Kier alpha value is -2.26. The first-order valence-electron chi connectivity index (χ1n) is 9.80. The highest BCUT2D eigenvalue weighted by Gasteiger charge is 2.42. The summed E-state index contributed by atoms with van der Waals surface area (Å²) in [6.45, 7) is 5.44. The summed E-state index contributed by atoms with van der Waals surface area (Å²) in [4.78, 5) is 2.39. The van der Waals surface area contributed by atoms with Crippen molar-refractivity contribution in [3.05, 3.63) is 17.8 Å². The Morgan fingerprint density at radius 3 is 2.41 bits per heavy atom. The van der Waals surface area contributed by atoms with Gasteiger partial charge in [0.25, 0.3) is 0 Å². The van der Waals surface area contributed by atoms with E-state index in [1.54, 1.807) is 14.2 Å². The van der Waals surface area contributed by atoms with Gasteiger partial charge in [-0.25, -0.2) is 8.51 Å². The quantitative estimate of drug-likeness (QED) is 0.594. The average Bonchev–Trinajstić information content (AvgIpc) is 3.16. The number of anilines is 1. The van der Waals surface area contributed by atoms with Gasteiger partial charge in [-0.05, 0) is 37.7 Å². The topological polar surface area (TPSA) is 91.6 Å². The number of rotatable bonds is 5. The Morgan fingerprint density at radius 2 is 1.76 bits per heavy atom. The second-order valence-electron chi connectivity index (χ2n) is 7.85. The van der Waals surface area contributed by atoms with Gasteiger partial charge in [0, 0.05) is 37.6 Å². The molecule has 2 fully saturated rings. The Bertz CT molecular complexity index is 959. The van der Waals surface area contributed by atoms with E-state index < -0.39 is 11.0 Å². The molecule has 2 aliphatic rings. The van der Waals surface area contributed by atoms with E-state index in [-0.39, 0.29) is 5.41 Å². The van der Waals surface area contributed by atoms with Gasteiger partial charge in [0.2, 0.25) is 0 Å². The predicted octanol–water partition coefficient (Wildman–Crippen LogP) is 2.52. The Kier molecular flexibility index (Phi) is 5.44. The van der Waals surface area contributed by atoms with Crippen molar-refractivity contribution in [1.82, 2.24) is 14.5 Å². The number of fused-ring (bicyclic) bond motifs is 1. The fourth-order valence-electron chi connectivity index (χ4n) is 4.65. The number of ether oxygens (including phenoxy) is 2. The number of nitrogens with one attached hydrogen (secondary N) is 1. The summed E-state index contributed by atoms with van der Waals surface area (Å²) in [6, 6.07) is 3.86. The van der Waals surface area contributed by atoms with Crippen molar-refractivity contribution in [3.8, 4) is 11.5 Å². The predicted molar refractivity (Wildman–Crippen MR) is 114 cm³/mol. The van der Waals surface area contributed by atoms with Crippen molar-refractivity contribution < 1.29 is 13.7 Å². The first-order chi connectivity index (χ1) is 14.0. The lowest BCUT2D eigenvalue weighted by Gasteiger charge is -2.40. The summed E-state index contributed by atoms with van der Waals surface area (Å²) in [5, 5.41) is 17.0. The van der Waals surface area contributed by atoms with Crippen LogP contribution in [0.15, 0.2) is 12.1 Å². The fraction of sp³-hybridized carbons (Fsp3) is 0.550. The van der Waals surface area contributed by atoms with E-state index in [4.69, 9.17) is 14.9 Å². The van der Waals surface area contributed by atoms with E-state index in [9.17, 15) is 4.21 Å². The lowest BCUT2D eigenvalue weighted by molar-refractivity contribution is 0.236. The van der Waals surface area contributed by atoms with E-state index >= 15 is 0 Å². The number of aromatic nitrogens is 2. The smallest absolute Gasteiger partial charge is 0.162 e. The zero-order valence-corrected chi connectivity index (χ0v) is 17.9. The molecule has 1 unspecified atom stereocenters. The molecular formula is C20H27N5O3S. The summed E-state index contributed by atoms with van der Waals surface area (Å²) < 4.78 is 24.8. The van der Waals surface area contributed by atoms with Crippen LogP contribution in [0, 0.1) is 17.7 Å². The molecular weight excluding hydrogens is 390 g/mol. The number of piperidine rings is 1. The molecule has 1 aromatic heterocycles. The number of hydrogen-bond donors (Lipinski definition) is 1. The van der Waals surface area contributed by atoms with Crippen LogP contribution in [-0.2, 0) is 11.0 Å². The van der Waals surface area contributed by atoms with Gasteiger partial charge in [-0.3, -0.25) is 5.41 Å². The molecule has 4 rings (SSSR count). The molecule has 0 aliphatic carbocycles. The van der Waals surface area contributed by atoms with Crippen molar-refractivity contribution in [2.24, 2.45) is 5.41 Å². The standard InChI is InChI=1S/C20H27N5O3S/c1-14-19(15-10-17(27-2)18(28-3)11-16(15)23-22-14)24-7-4-20(5-8-24)6-9-25(12-20)29(26)13-21/h10-11,13,21H,4-9,12H2,1-3H3. The molecule has 0 amide bonds. The molecule has 9 heteroatoms. The van der Waals surface area contributed by atoms with Gasteiger partial charge in [0.15, 0.2) is 11.5 Å². The van der Waals surface area contributed by atoms with E-state index in [2.05, 4.69) is 15.1 Å². The first kappa shape index (κ1) is 20.0. The molecule has 8 nitrogen and oxygen atoms in total. The Labute approximate surface area is 173 Å². The molecule has 0 radical (unpaired) electrons. The second-order valence-corrected chi connectivity index (χ2v) is 9.16. The van der Waals surface area contributed by atoms with Crippen LogP contribution in [0.25, 0.3) is 10.9 Å². The molecule has 29 heavy (non-hydrogen) atoms. The lowest BCUT2D eigenvalue weighted by Crippen LogP contribution is -2.42. The molecule has 1 atom stereocenters. The van der Waals surface area contributed by atoms with Gasteiger partial charge >= 0.3 is 0 Å². The Balaban J connectivity index is 1.61. The summed E-state index contributed by atoms with van der Waals surface area (Å²) in [7, 11) is 1.97. The molecule has 0 saturated carbocycles. The third-order valence-electron chi connectivity index (χ3n) is 6.31. The molecule has 1 aromatic carbocycles. The SMILES string of the molecule is COc1cc2nnc(C)c(N3CCC4(CC3)CCN(S(=O)C=N)C4)c2cc1OC. The zero-order chi connectivity index (χ0) is 20.6. The van der Waals surface area contributed by atoms with Crippen LogP contribution in [0.3, 0.4) is 0 Å². The molecule has 3 heterocycles. The maximum Gasteiger partial charge on any atom is 0.162 e. The number of nitrogens with zero attached hydrogens (tertiary/aromatic N) is 4. The summed E-state index contributed by atoms with van der Waals surface area (Å²) in [6.07, 6.45) is 3.12. The van der Waals surface area contributed by atoms with Gasteiger partial charge < -0.3 is 14.4 Å². The number of hydrogen-bond acceptors (Lipinski definition) is 7. The molecule has 2 aromatic rings. The van der Waals surface area contributed by atoms with E-state index in [1.165, 1.54) is 0 Å².